The van der Waals surface area contributed by atoms with E-state index in [9.17, 15) is 9.90 Å². The van der Waals surface area contributed by atoms with Gasteiger partial charge in [-0.05, 0) is 30.2 Å². The molecule has 2 atom stereocenters. The molecule has 5 heteroatoms. The number of nitrogens with zero attached hydrogens (tertiary/aromatic N) is 2. The van der Waals surface area contributed by atoms with E-state index in [1.54, 1.807) is 0 Å². The molecule has 0 saturated heterocycles. The number of imidazole rings is 1. The highest BCUT2D eigenvalue weighted by Gasteiger charge is 2.31. The summed E-state index contributed by atoms with van der Waals surface area (Å²) in [5.41, 5.74) is 3.93. The summed E-state index contributed by atoms with van der Waals surface area (Å²) in [7, 11) is 0. The molecule has 0 spiro atoms. The van der Waals surface area contributed by atoms with Crippen LogP contribution in [-0.4, -0.2) is 26.7 Å². The highest BCUT2D eigenvalue weighted by atomic mass is 16.3. The van der Waals surface area contributed by atoms with E-state index in [1.165, 1.54) is 0 Å². The maximum Gasteiger partial charge on any atom is 0.240 e. The zero-order valence-corrected chi connectivity index (χ0v) is 13.4. The van der Waals surface area contributed by atoms with Crippen molar-refractivity contribution in [3.63, 3.8) is 0 Å². The van der Waals surface area contributed by atoms with E-state index < -0.39 is 6.10 Å². The minimum atomic E-state index is -0.577. The Hall–Kier alpha value is -2.66. The molecule has 1 amide bonds. The summed E-state index contributed by atoms with van der Waals surface area (Å²) >= 11 is 0. The summed E-state index contributed by atoms with van der Waals surface area (Å²) in [6.07, 6.45) is 0.000662. The van der Waals surface area contributed by atoms with E-state index in [1.807, 2.05) is 60.0 Å². The molecule has 2 aromatic carbocycles. The Bertz CT molecular complexity index is 916. The molecule has 24 heavy (non-hydrogen) atoms. The molecule has 1 aliphatic rings. The van der Waals surface area contributed by atoms with Crippen LogP contribution < -0.4 is 5.32 Å². The van der Waals surface area contributed by atoms with Crippen LogP contribution in [0.1, 0.15) is 23.0 Å². The quantitative estimate of drug-likeness (QED) is 0.776. The highest BCUT2D eigenvalue weighted by molar-refractivity contribution is 5.81. The van der Waals surface area contributed by atoms with Crippen molar-refractivity contribution in [2.24, 2.45) is 0 Å². The fraction of sp³-hybridized carbons (Fsp3) is 0.263. The first-order valence-corrected chi connectivity index (χ1v) is 8.10. The number of hydrogen-bond acceptors (Lipinski definition) is 3. The predicted octanol–water partition coefficient (Wildman–Crippen LogP) is 2.12. The number of aliphatic hydroxyl groups is 1. The Morgan fingerprint density at radius 3 is 2.88 bits per heavy atom. The average Bonchev–Trinajstić information content (AvgIpc) is 3.05. The third-order valence-corrected chi connectivity index (χ3v) is 4.67. The van der Waals surface area contributed by atoms with Crippen molar-refractivity contribution in [1.82, 2.24) is 14.9 Å². The van der Waals surface area contributed by atoms with Crippen molar-refractivity contribution in [2.75, 3.05) is 0 Å². The summed E-state index contributed by atoms with van der Waals surface area (Å²) in [6.45, 7) is 2.09. The van der Waals surface area contributed by atoms with Crippen molar-refractivity contribution in [3.8, 4) is 0 Å². The maximum absolute atomic E-state index is 12.5. The summed E-state index contributed by atoms with van der Waals surface area (Å²) in [5.74, 6) is 0.681. The van der Waals surface area contributed by atoms with Gasteiger partial charge in [-0.3, -0.25) is 4.79 Å². The number of carbonyl (C=O) groups is 1. The van der Waals surface area contributed by atoms with Crippen molar-refractivity contribution >= 4 is 16.9 Å². The first-order valence-electron chi connectivity index (χ1n) is 8.10. The summed E-state index contributed by atoms with van der Waals surface area (Å²) in [5, 5.41) is 13.3. The Labute approximate surface area is 139 Å². The standard InChI is InChI=1S/C19H19N3O2/c1-12-20-15-8-4-5-9-16(15)22(12)11-18(24)21-19-14-7-3-2-6-13(14)10-17(19)23/h2-9,17,19,23H,10-11H2,1H3,(H,21,24)/t17-,19+/m0/s1. The molecule has 0 fully saturated rings. The lowest BCUT2D eigenvalue weighted by molar-refractivity contribution is -0.123. The number of hydrogen-bond donors (Lipinski definition) is 2. The lowest BCUT2D eigenvalue weighted by Gasteiger charge is -2.18. The first kappa shape index (κ1) is 14.9. The van der Waals surface area contributed by atoms with Gasteiger partial charge in [-0.1, -0.05) is 36.4 Å². The molecule has 1 aliphatic carbocycles. The molecule has 1 heterocycles. The molecule has 0 radical (unpaired) electrons. The molecule has 5 nitrogen and oxygen atoms in total. The van der Waals surface area contributed by atoms with Crippen LogP contribution in [0.4, 0.5) is 0 Å². The van der Waals surface area contributed by atoms with E-state index in [4.69, 9.17) is 0 Å². The molecule has 0 aliphatic heterocycles. The molecule has 3 aromatic rings. The first-order chi connectivity index (χ1) is 11.6. The number of benzene rings is 2. The van der Waals surface area contributed by atoms with Gasteiger partial charge in [0.25, 0.3) is 0 Å². The summed E-state index contributed by atoms with van der Waals surface area (Å²) in [4.78, 5) is 17.0. The normalized spacial score (nSPS) is 19.4. The number of para-hydroxylation sites is 2. The van der Waals surface area contributed by atoms with Gasteiger partial charge in [0.05, 0.1) is 23.2 Å². The van der Waals surface area contributed by atoms with E-state index in [0.717, 1.165) is 28.0 Å². The molecule has 0 unspecified atom stereocenters. The Balaban J connectivity index is 1.56. The zero-order valence-electron chi connectivity index (χ0n) is 13.4. The van der Waals surface area contributed by atoms with Gasteiger partial charge in [-0.25, -0.2) is 4.98 Å². The number of rotatable bonds is 3. The van der Waals surface area contributed by atoms with Crippen molar-refractivity contribution in [3.05, 3.63) is 65.5 Å². The van der Waals surface area contributed by atoms with Crippen LogP contribution in [0.15, 0.2) is 48.5 Å². The van der Waals surface area contributed by atoms with E-state index in [2.05, 4.69) is 10.3 Å². The highest BCUT2D eigenvalue weighted by Crippen LogP contribution is 2.31. The molecule has 4 rings (SSSR count). The number of aryl methyl sites for hydroxylation is 1. The second-order valence-electron chi connectivity index (χ2n) is 6.25. The SMILES string of the molecule is Cc1nc2ccccc2n1CC(=O)N[C@@H]1c2ccccc2C[C@@H]1O. The van der Waals surface area contributed by atoms with Crippen LogP contribution >= 0.6 is 0 Å². The lowest BCUT2D eigenvalue weighted by Crippen LogP contribution is -2.36. The largest absolute Gasteiger partial charge is 0.390 e. The monoisotopic (exact) mass is 321 g/mol. The van der Waals surface area contributed by atoms with Crippen LogP contribution in [0.25, 0.3) is 11.0 Å². The van der Waals surface area contributed by atoms with Gasteiger partial charge in [0.15, 0.2) is 0 Å². The van der Waals surface area contributed by atoms with Crippen molar-refractivity contribution < 1.29 is 9.90 Å². The second kappa shape index (κ2) is 5.76. The Morgan fingerprint density at radius 1 is 1.25 bits per heavy atom. The zero-order chi connectivity index (χ0) is 16.7. The van der Waals surface area contributed by atoms with Gasteiger partial charge >= 0.3 is 0 Å². The molecular weight excluding hydrogens is 302 g/mol. The number of aliphatic hydroxyl groups excluding tert-OH is 1. The second-order valence-corrected chi connectivity index (χ2v) is 6.25. The van der Waals surface area contributed by atoms with Gasteiger partial charge in [-0.15, -0.1) is 0 Å². The van der Waals surface area contributed by atoms with Crippen LogP contribution in [0.2, 0.25) is 0 Å². The summed E-state index contributed by atoms with van der Waals surface area (Å²) in [6, 6.07) is 15.3. The third kappa shape index (κ3) is 2.47. The lowest BCUT2D eigenvalue weighted by atomic mass is 10.1. The van der Waals surface area contributed by atoms with Gasteiger partial charge in [0.1, 0.15) is 12.4 Å². The molecule has 1 aromatic heterocycles. The van der Waals surface area contributed by atoms with Crippen molar-refractivity contribution in [1.29, 1.82) is 0 Å². The fourth-order valence-corrected chi connectivity index (χ4v) is 3.51. The fourth-order valence-electron chi connectivity index (χ4n) is 3.51. The van der Waals surface area contributed by atoms with Gasteiger partial charge in [0, 0.05) is 6.42 Å². The number of aromatic nitrogens is 2. The van der Waals surface area contributed by atoms with E-state index >= 15 is 0 Å². The van der Waals surface area contributed by atoms with E-state index in [0.29, 0.717) is 6.42 Å². The van der Waals surface area contributed by atoms with Crippen LogP contribution in [0.3, 0.4) is 0 Å². The molecule has 122 valence electrons. The molecular formula is C19H19N3O2. The number of nitrogens with one attached hydrogen (secondary N) is 1. The smallest absolute Gasteiger partial charge is 0.240 e. The summed E-state index contributed by atoms with van der Waals surface area (Å²) < 4.78 is 1.90. The third-order valence-electron chi connectivity index (χ3n) is 4.67. The minimum absolute atomic E-state index is 0.123. The molecule has 2 N–H and O–H groups in total. The van der Waals surface area contributed by atoms with E-state index in [-0.39, 0.29) is 18.5 Å². The van der Waals surface area contributed by atoms with Gasteiger partial charge in [-0.2, -0.15) is 0 Å². The van der Waals surface area contributed by atoms with Gasteiger partial charge in [0.2, 0.25) is 5.91 Å². The number of fused-ring (bicyclic) bond motifs is 2. The number of amides is 1. The molecule has 0 saturated carbocycles. The predicted molar refractivity (Wildman–Crippen MR) is 91.5 cm³/mol. The minimum Gasteiger partial charge on any atom is -0.390 e. The number of carbonyl (C=O) groups excluding carboxylic acids is 1. The topological polar surface area (TPSA) is 67.2 Å². The maximum atomic E-state index is 12.5. The van der Waals surface area contributed by atoms with Crippen LogP contribution in [0.5, 0.6) is 0 Å². The van der Waals surface area contributed by atoms with Gasteiger partial charge < -0.3 is 15.0 Å². The molecule has 0 bridgehead atoms. The van der Waals surface area contributed by atoms with Crippen LogP contribution in [-0.2, 0) is 17.8 Å². The average molecular weight is 321 g/mol. The Kier molecular flexibility index (Phi) is 3.58. The Morgan fingerprint density at radius 2 is 2.00 bits per heavy atom. The van der Waals surface area contributed by atoms with Crippen molar-refractivity contribution in [2.45, 2.75) is 32.0 Å². The van der Waals surface area contributed by atoms with Crippen LogP contribution in [0, 0.1) is 6.92 Å².